The quantitative estimate of drug-likeness (QED) is 0.634. The van der Waals surface area contributed by atoms with E-state index in [1.807, 2.05) is 5.32 Å². The predicted octanol–water partition coefficient (Wildman–Crippen LogP) is 2.23. The van der Waals surface area contributed by atoms with Gasteiger partial charge < -0.3 is 11.1 Å². The second kappa shape index (κ2) is 3.86. The lowest BCUT2D eigenvalue weighted by Gasteiger charge is -2.20. The number of hydrogen-bond donors (Lipinski definition) is 2. The fourth-order valence-corrected chi connectivity index (χ4v) is 1.64. The fraction of sp³-hybridized carbons (Fsp3) is 0.364. The highest BCUT2D eigenvalue weighted by atomic mass is 19.4. The van der Waals surface area contributed by atoms with Crippen LogP contribution in [0.2, 0.25) is 0 Å². The molecule has 0 radical (unpaired) electrons. The summed E-state index contributed by atoms with van der Waals surface area (Å²) in [4.78, 5) is 11.6. The third kappa shape index (κ3) is 2.25. The topological polar surface area (TPSA) is 55.1 Å². The second-order valence-corrected chi connectivity index (χ2v) is 4.31. The largest absolute Gasteiger partial charge is 0.411 e. The first-order chi connectivity index (χ1) is 8.23. The van der Waals surface area contributed by atoms with Crippen LogP contribution in [0, 0.1) is 5.82 Å². The van der Waals surface area contributed by atoms with Crippen molar-refractivity contribution < 1.29 is 22.4 Å². The highest BCUT2D eigenvalue weighted by Gasteiger charge is 2.64. The van der Waals surface area contributed by atoms with Gasteiger partial charge >= 0.3 is 6.18 Å². The number of amides is 1. The van der Waals surface area contributed by atoms with Crippen molar-refractivity contribution in [2.75, 3.05) is 5.73 Å². The summed E-state index contributed by atoms with van der Waals surface area (Å²) in [6.45, 7) is 0. The molecule has 0 aromatic heterocycles. The number of benzene rings is 1. The average Bonchev–Trinajstić information content (AvgIpc) is 2.96. The van der Waals surface area contributed by atoms with Crippen molar-refractivity contribution >= 4 is 11.6 Å². The number of carbonyl (C=O) groups is 1. The molecule has 1 aliphatic carbocycles. The Labute approximate surface area is 100.0 Å². The minimum Gasteiger partial charge on any atom is -0.399 e. The van der Waals surface area contributed by atoms with E-state index in [1.165, 1.54) is 0 Å². The summed E-state index contributed by atoms with van der Waals surface area (Å²) in [5.74, 6) is -1.74. The van der Waals surface area contributed by atoms with Gasteiger partial charge in [-0.05, 0) is 31.0 Å². The van der Waals surface area contributed by atoms with Crippen molar-refractivity contribution in [3.63, 3.8) is 0 Å². The van der Waals surface area contributed by atoms with E-state index in [0.717, 1.165) is 18.2 Å². The molecule has 1 aromatic carbocycles. The van der Waals surface area contributed by atoms with Crippen LogP contribution in [0.4, 0.5) is 23.2 Å². The van der Waals surface area contributed by atoms with Crippen LogP contribution in [0.5, 0.6) is 0 Å². The summed E-state index contributed by atoms with van der Waals surface area (Å²) in [6.07, 6.45) is -4.82. The zero-order valence-corrected chi connectivity index (χ0v) is 9.14. The van der Waals surface area contributed by atoms with Gasteiger partial charge in [0.05, 0.1) is 0 Å². The van der Waals surface area contributed by atoms with Crippen molar-refractivity contribution in [3.8, 4) is 0 Å². The molecule has 0 unspecified atom stereocenters. The Kier molecular flexibility index (Phi) is 2.71. The molecule has 1 fully saturated rings. The van der Waals surface area contributed by atoms with Crippen molar-refractivity contribution in [1.29, 1.82) is 0 Å². The zero-order chi connectivity index (χ0) is 13.6. The maximum absolute atomic E-state index is 13.0. The summed E-state index contributed by atoms with van der Waals surface area (Å²) in [5.41, 5.74) is 2.92. The lowest BCUT2D eigenvalue weighted by atomic mass is 10.1. The van der Waals surface area contributed by atoms with E-state index in [9.17, 15) is 22.4 Å². The van der Waals surface area contributed by atoms with E-state index in [-0.39, 0.29) is 24.1 Å². The van der Waals surface area contributed by atoms with Gasteiger partial charge in [-0.1, -0.05) is 0 Å². The lowest BCUT2D eigenvalue weighted by Crippen LogP contribution is -2.47. The Bertz CT molecular complexity index is 474. The predicted molar refractivity (Wildman–Crippen MR) is 56.3 cm³/mol. The van der Waals surface area contributed by atoms with Crippen LogP contribution in [0.1, 0.15) is 23.2 Å². The first-order valence-electron chi connectivity index (χ1n) is 5.19. The number of anilines is 1. The van der Waals surface area contributed by atoms with Crippen molar-refractivity contribution in [1.82, 2.24) is 5.32 Å². The van der Waals surface area contributed by atoms with Crippen LogP contribution < -0.4 is 11.1 Å². The Hall–Kier alpha value is -1.79. The van der Waals surface area contributed by atoms with Crippen LogP contribution in [0.3, 0.4) is 0 Å². The molecule has 18 heavy (non-hydrogen) atoms. The van der Waals surface area contributed by atoms with Gasteiger partial charge in [-0.2, -0.15) is 13.2 Å². The smallest absolute Gasteiger partial charge is 0.399 e. The zero-order valence-electron chi connectivity index (χ0n) is 9.14. The van der Waals surface area contributed by atoms with Crippen molar-refractivity contribution in [2.45, 2.75) is 24.6 Å². The van der Waals surface area contributed by atoms with Gasteiger partial charge in [0.25, 0.3) is 5.91 Å². The third-order valence-corrected chi connectivity index (χ3v) is 2.83. The average molecular weight is 262 g/mol. The van der Waals surface area contributed by atoms with Crippen LogP contribution in [0.25, 0.3) is 0 Å². The lowest BCUT2D eigenvalue weighted by molar-refractivity contribution is -0.163. The van der Waals surface area contributed by atoms with E-state index in [1.54, 1.807) is 0 Å². The van der Waals surface area contributed by atoms with Gasteiger partial charge in [-0.25, -0.2) is 4.39 Å². The van der Waals surface area contributed by atoms with Gasteiger partial charge in [-0.3, -0.25) is 4.79 Å². The molecular weight excluding hydrogens is 252 g/mol. The van der Waals surface area contributed by atoms with E-state index < -0.39 is 23.4 Å². The molecule has 0 saturated heterocycles. The van der Waals surface area contributed by atoms with Crippen molar-refractivity contribution in [3.05, 3.63) is 29.6 Å². The third-order valence-electron chi connectivity index (χ3n) is 2.83. The van der Waals surface area contributed by atoms with Crippen LogP contribution in [-0.4, -0.2) is 17.6 Å². The summed E-state index contributed by atoms with van der Waals surface area (Å²) >= 11 is 0. The highest BCUT2D eigenvalue weighted by Crippen LogP contribution is 2.49. The molecule has 98 valence electrons. The van der Waals surface area contributed by atoms with Gasteiger partial charge in [0, 0.05) is 11.3 Å². The maximum atomic E-state index is 13.0. The number of alkyl halides is 3. The Morgan fingerprint density at radius 2 is 1.89 bits per heavy atom. The van der Waals surface area contributed by atoms with Gasteiger partial charge in [-0.15, -0.1) is 0 Å². The number of nitrogens with one attached hydrogen (secondary N) is 1. The van der Waals surface area contributed by atoms with Gasteiger partial charge in [0.15, 0.2) is 0 Å². The molecule has 7 heteroatoms. The molecule has 2 rings (SSSR count). The Balaban J connectivity index is 2.18. The van der Waals surface area contributed by atoms with Gasteiger partial charge in [0.1, 0.15) is 11.4 Å². The minimum absolute atomic E-state index is 0.0167. The van der Waals surface area contributed by atoms with Crippen LogP contribution >= 0.6 is 0 Å². The Morgan fingerprint density at radius 3 is 2.33 bits per heavy atom. The number of rotatable bonds is 2. The molecule has 0 aliphatic heterocycles. The highest BCUT2D eigenvalue weighted by molar-refractivity contribution is 5.95. The molecule has 3 N–H and O–H groups in total. The minimum atomic E-state index is -4.50. The summed E-state index contributed by atoms with van der Waals surface area (Å²) in [6, 6.07) is 2.95. The summed E-state index contributed by atoms with van der Waals surface area (Å²) in [5, 5.41) is 1.89. The Morgan fingerprint density at radius 1 is 1.28 bits per heavy atom. The number of halogens is 4. The van der Waals surface area contributed by atoms with Crippen LogP contribution in [-0.2, 0) is 0 Å². The second-order valence-electron chi connectivity index (χ2n) is 4.31. The molecule has 1 saturated carbocycles. The number of nitrogens with two attached hydrogens (primary N) is 1. The maximum Gasteiger partial charge on any atom is 0.411 e. The number of nitrogen functional groups attached to an aromatic ring is 1. The first kappa shape index (κ1) is 12.7. The number of carbonyl (C=O) groups excluding carboxylic acids is 1. The SMILES string of the molecule is Nc1cc(F)cc(C(=O)NC2(C(F)(F)F)CC2)c1. The van der Waals surface area contributed by atoms with E-state index >= 15 is 0 Å². The molecule has 1 aliphatic rings. The molecule has 0 spiro atoms. The standard InChI is InChI=1S/C11H10F4N2O/c12-7-3-6(4-8(16)5-7)9(18)17-10(1-2-10)11(13,14)15/h3-5H,1-2,16H2,(H,17,18). The fourth-order valence-electron chi connectivity index (χ4n) is 1.64. The van der Waals surface area contributed by atoms with E-state index in [0.29, 0.717) is 0 Å². The first-order valence-corrected chi connectivity index (χ1v) is 5.19. The van der Waals surface area contributed by atoms with E-state index in [4.69, 9.17) is 5.73 Å². The molecular formula is C11H10F4N2O. The molecule has 0 heterocycles. The normalized spacial score (nSPS) is 17.3. The molecule has 0 bridgehead atoms. The molecule has 3 nitrogen and oxygen atoms in total. The van der Waals surface area contributed by atoms with Gasteiger partial charge in [0.2, 0.25) is 0 Å². The van der Waals surface area contributed by atoms with Crippen LogP contribution in [0.15, 0.2) is 18.2 Å². The molecule has 0 atom stereocenters. The van der Waals surface area contributed by atoms with E-state index in [2.05, 4.69) is 0 Å². The monoisotopic (exact) mass is 262 g/mol. The summed E-state index contributed by atoms with van der Waals surface area (Å²) < 4.78 is 50.8. The number of hydrogen-bond acceptors (Lipinski definition) is 2. The molecule has 1 aromatic rings. The van der Waals surface area contributed by atoms with Crippen molar-refractivity contribution in [2.24, 2.45) is 0 Å². The molecule has 1 amide bonds. The summed E-state index contributed by atoms with van der Waals surface area (Å²) in [7, 11) is 0.